The molecule has 4 nitrogen and oxygen atoms in total. The molecule has 0 saturated carbocycles. The Bertz CT molecular complexity index is 250. The summed E-state index contributed by atoms with van der Waals surface area (Å²) in [4.78, 5) is 14.4. The number of methoxy groups -OCH3 is 1. The summed E-state index contributed by atoms with van der Waals surface area (Å²) >= 11 is 0. The van der Waals surface area contributed by atoms with Crippen LogP contribution < -0.4 is 5.32 Å². The third-order valence-corrected chi connectivity index (χ3v) is 3.84. The lowest BCUT2D eigenvalue weighted by atomic mass is 9.97. The van der Waals surface area contributed by atoms with Crippen molar-refractivity contribution in [3.63, 3.8) is 0 Å². The highest BCUT2D eigenvalue weighted by atomic mass is 16.5. The van der Waals surface area contributed by atoms with Crippen molar-refractivity contribution in [3.05, 3.63) is 0 Å². The molecule has 0 unspecified atom stereocenters. The van der Waals surface area contributed by atoms with E-state index in [0.29, 0.717) is 11.8 Å². The summed E-state index contributed by atoms with van der Waals surface area (Å²) < 4.78 is 5.20. The minimum atomic E-state index is 0.0741. The largest absolute Gasteiger partial charge is 0.384 e. The Kier molecular flexibility index (Phi) is 4.80. The number of hydrogen-bond acceptors (Lipinski definition) is 3. The average Bonchev–Trinajstić information content (AvgIpc) is 2.40. The van der Waals surface area contributed by atoms with Crippen LogP contribution in [0.2, 0.25) is 0 Å². The average molecular weight is 240 g/mol. The Balaban J connectivity index is 1.85. The molecule has 2 fully saturated rings. The van der Waals surface area contributed by atoms with Gasteiger partial charge in [0.2, 0.25) is 5.91 Å². The van der Waals surface area contributed by atoms with Crippen molar-refractivity contribution in [2.75, 3.05) is 33.4 Å². The number of rotatable bonds is 3. The molecule has 0 aromatic carbocycles. The van der Waals surface area contributed by atoms with Crippen molar-refractivity contribution in [2.24, 2.45) is 5.92 Å². The van der Waals surface area contributed by atoms with Gasteiger partial charge in [0.1, 0.15) is 0 Å². The van der Waals surface area contributed by atoms with Gasteiger partial charge in [0.05, 0.1) is 12.6 Å². The molecule has 0 spiro atoms. The van der Waals surface area contributed by atoms with E-state index in [1.54, 1.807) is 7.11 Å². The number of nitrogens with one attached hydrogen (secondary N) is 1. The SMILES string of the molecule is COC[C@H]1CCCN(C(=O)[C@@H]2CCCCN2)C1. The molecule has 2 rings (SSSR count). The first-order valence-corrected chi connectivity index (χ1v) is 6.82. The molecular weight excluding hydrogens is 216 g/mol. The van der Waals surface area contributed by atoms with E-state index in [9.17, 15) is 4.79 Å². The highest BCUT2D eigenvalue weighted by Gasteiger charge is 2.29. The van der Waals surface area contributed by atoms with Crippen LogP contribution in [-0.2, 0) is 9.53 Å². The van der Waals surface area contributed by atoms with E-state index < -0.39 is 0 Å². The molecule has 0 aromatic rings. The molecule has 1 amide bonds. The first-order chi connectivity index (χ1) is 8.31. The molecule has 1 N–H and O–H groups in total. The van der Waals surface area contributed by atoms with Gasteiger partial charge in [-0.15, -0.1) is 0 Å². The minimum absolute atomic E-state index is 0.0741. The maximum Gasteiger partial charge on any atom is 0.239 e. The van der Waals surface area contributed by atoms with E-state index in [4.69, 9.17) is 4.74 Å². The number of amides is 1. The van der Waals surface area contributed by atoms with Crippen LogP contribution in [-0.4, -0.2) is 50.2 Å². The van der Waals surface area contributed by atoms with Crippen LogP contribution in [0.25, 0.3) is 0 Å². The molecule has 4 heteroatoms. The highest BCUT2D eigenvalue weighted by Crippen LogP contribution is 2.19. The second-order valence-electron chi connectivity index (χ2n) is 5.25. The predicted octanol–water partition coefficient (Wildman–Crippen LogP) is 1.01. The first-order valence-electron chi connectivity index (χ1n) is 6.82. The topological polar surface area (TPSA) is 41.6 Å². The quantitative estimate of drug-likeness (QED) is 0.800. The van der Waals surface area contributed by atoms with E-state index in [-0.39, 0.29) is 6.04 Å². The number of piperidine rings is 2. The van der Waals surface area contributed by atoms with Crippen LogP contribution in [0.3, 0.4) is 0 Å². The lowest BCUT2D eigenvalue weighted by molar-refractivity contribution is -0.136. The minimum Gasteiger partial charge on any atom is -0.384 e. The Morgan fingerprint density at radius 2 is 2.24 bits per heavy atom. The van der Waals surface area contributed by atoms with Gasteiger partial charge in [0.15, 0.2) is 0 Å². The van der Waals surface area contributed by atoms with Crippen molar-refractivity contribution in [1.29, 1.82) is 0 Å². The second-order valence-corrected chi connectivity index (χ2v) is 5.25. The first kappa shape index (κ1) is 12.8. The summed E-state index contributed by atoms with van der Waals surface area (Å²) in [6, 6.07) is 0.0741. The number of carbonyl (C=O) groups excluding carboxylic acids is 1. The zero-order valence-corrected chi connectivity index (χ0v) is 10.8. The van der Waals surface area contributed by atoms with Crippen molar-refractivity contribution in [3.8, 4) is 0 Å². The zero-order chi connectivity index (χ0) is 12.1. The Labute approximate surface area is 104 Å². The maximum absolute atomic E-state index is 12.3. The van der Waals surface area contributed by atoms with Gasteiger partial charge in [0, 0.05) is 20.2 Å². The molecule has 2 aliphatic heterocycles. The van der Waals surface area contributed by atoms with E-state index in [1.807, 2.05) is 4.90 Å². The van der Waals surface area contributed by atoms with Crippen molar-refractivity contribution >= 4 is 5.91 Å². The van der Waals surface area contributed by atoms with Crippen LogP contribution in [0.5, 0.6) is 0 Å². The van der Waals surface area contributed by atoms with Gasteiger partial charge < -0.3 is 15.0 Å². The molecule has 0 bridgehead atoms. The van der Waals surface area contributed by atoms with Gasteiger partial charge in [-0.1, -0.05) is 6.42 Å². The lowest BCUT2D eigenvalue weighted by Crippen LogP contribution is -2.51. The molecule has 2 aliphatic rings. The van der Waals surface area contributed by atoms with E-state index >= 15 is 0 Å². The van der Waals surface area contributed by atoms with E-state index in [2.05, 4.69) is 5.32 Å². The van der Waals surface area contributed by atoms with Crippen LogP contribution in [0.4, 0.5) is 0 Å². The third kappa shape index (κ3) is 3.42. The molecule has 0 aliphatic carbocycles. The van der Waals surface area contributed by atoms with Crippen molar-refractivity contribution in [2.45, 2.75) is 38.1 Å². The van der Waals surface area contributed by atoms with Gasteiger partial charge in [-0.25, -0.2) is 0 Å². The van der Waals surface area contributed by atoms with Crippen molar-refractivity contribution < 1.29 is 9.53 Å². The lowest BCUT2D eigenvalue weighted by Gasteiger charge is -2.35. The molecule has 0 aromatic heterocycles. The Morgan fingerprint density at radius 1 is 1.35 bits per heavy atom. The van der Waals surface area contributed by atoms with Crippen LogP contribution in [0.1, 0.15) is 32.1 Å². The van der Waals surface area contributed by atoms with Gasteiger partial charge in [-0.3, -0.25) is 4.79 Å². The summed E-state index contributed by atoms with van der Waals surface area (Å²) in [5, 5.41) is 3.34. The molecule has 98 valence electrons. The summed E-state index contributed by atoms with van der Waals surface area (Å²) in [6.45, 7) is 3.58. The van der Waals surface area contributed by atoms with Gasteiger partial charge >= 0.3 is 0 Å². The van der Waals surface area contributed by atoms with Crippen LogP contribution in [0.15, 0.2) is 0 Å². The number of likely N-dealkylation sites (tertiary alicyclic amines) is 1. The van der Waals surface area contributed by atoms with Gasteiger partial charge in [-0.2, -0.15) is 0 Å². The highest BCUT2D eigenvalue weighted by molar-refractivity contribution is 5.82. The smallest absolute Gasteiger partial charge is 0.239 e. The fraction of sp³-hybridized carbons (Fsp3) is 0.923. The van der Waals surface area contributed by atoms with Crippen LogP contribution >= 0.6 is 0 Å². The normalized spacial score (nSPS) is 30.3. The monoisotopic (exact) mass is 240 g/mol. The van der Waals surface area contributed by atoms with Crippen molar-refractivity contribution in [1.82, 2.24) is 10.2 Å². The zero-order valence-electron chi connectivity index (χ0n) is 10.8. The summed E-state index contributed by atoms with van der Waals surface area (Å²) in [6.07, 6.45) is 5.70. The Hall–Kier alpha value is -0.610. The molecule has 2 atom stereocenters. The molecular formula is C13H24N2O2. The Morgan fingerprint density at radius 3 is 2.94 bits per heavy atom. The molecule has 2 saturated heterocycles. The second kappa shape index (κ2) is 6.36. The number of hydrogen-bond donors (Lipinski definition) is 1. The molecule has 0 radical (unpaired) electrons. The fourth-order valence-electron chi connectivity index (χ4n) is 2.92. The molecule has 2 heterocycles. The maximum atomic E-state index is 12.3. The standard InChI is InChI=1S/C13H24N2O2/c1-17-10-11-5-4-8-15(9-11)13(16)12-6-2-3-7-14-12/h11-12,14H,2-10H2,1H3/t11-,12-/m0/s1. The predicted molar refractivity (Wildman–Crippen MR) is 66.8 cm³/mol. The fourth-order valence-corrected chi connectivity index (χ4v) is 2.92. The number of carbonyl (C=O) groups is 1. The van der Waals surface area contributed by atoms with Crippen LogP contribution in [0, 0.1) is 5.92 Å². The van der Waals surface area contributed by atoms with E-state index in [1.165, 1.54) is 19.3 Å². The summed E-state index contributed by atoms with van der Waals surface area (Å²) in [7, 11) is 1.74. The summed E-state index contributed by atoms with van der Waals surface area (Å²) in [5.41, 5.74) is 0. The van der Waals surface area contributed by atoms with Gasteiger partial charge in [-0.05, 0) is 38.1 Å². The van der Waals surface area contributed by atoms with E-state index in [0.717, 1.165) is 39.1 Å². The third-order valence-electron chi connectivity index (χ3n) is 3.84. The molecule has 17 heavy (non-hydrogen) atoms. The number of nitrogens with zero attached hydrogens (tertiary/aromatic N) is 1. The van der Waals surface area contributed by atoms with Gasteiger partial charge in [0.25, 0.3) is 0 Å². The number of ether oxygens (including phenoxy) is 1. The summed E-state index contributed by atoms with van der Waals surface area (Å²) in [5.74, 6) is 0.840.